The first-order chi connectivity index (χ1) is 11.5. The Balaban J connectivity index is 1.36. The summed E-state index contributed by atoms with van der Waals surface area (Å²) in [7, 11) is 0. The summed E-state index contributed by atoms with van der Waals surface area (Å²) in [5.74, 6) is 1.21. The lowest BCUT2D eigenvalue weighted by Gasteiger charge is -2.55. The van der Waals surface area contributed by atoms with Crippen LogP contribution in [-0.4, -0.2) is 17.4 Å². The van der Waals surface area contributed by atoms with Crippen LogP contribution >= 0.6 is 15.9 Å². The van der Waals surface area contributed by atoms with Gasteiger partial charge in [0, 0.05) is 10.0 Å². The third-order valence-corrected chi connectivity index (χ3v) is 7.15. The molecular formula is C20H21BrO3. The van der Waals surface area contributed by atoms with Crippen molar-refractivity contribution in [3.8, 4) is 0 Å². The molecule has 0 spiro atoms. The van der Waals surface area contributed by atoms with Crippen molar-refractivity contribution in [3.63, 3.8) is 0 Å². The van der Waals surface area contributed by atoms with Crippen molar-refractivity contribution in [2.24, 2.45) is 23.7 Å². The van der Waals surface area contributed by atoms with E-state index in [0.717, 1.165) is 47.1 Å². The summed E-state index contributed by atoms with van der Waals surface area (Å²) in [6.45, 7) is 0. The van der Waals surface area contributed by atoms with E-state index in [1.54, 1.807) is 0 Å². The van der Waals surface area contributed by atoms with Gasteiger partial charge in [-0.15, -0.1) is 0 Å². The lowest BCUT2D eigenvalue weighted by Crippen LogP contribution is -2.53. The minimum Gasteiger partial charge on any atom is -0.458 e. The quantitative estimate of drug-likeness (QED) is 0.559. The number of ether oxygens (including phenoxy) is 1. The number of hydrogen-bond donors (Lipinski definition) is 0. The van der Waals surface area contributed by atoms with Gasteiger partial charge in [0.1, 0.15) is 11.5 Å². The Labute approximate surface area is 150 Å². The largest absolute Gasteiger partial charge is 0.458 e. The molecule has 3 nitrogen and oxygen atoms in total. The second-order valence-electron chi connectivity index (χ2n) is 8.44. The van der Waals surface area contributed by atoms with E-state index in [2.05, 4.69) is 15.9 Å². The minimum absolute atomic E-state index is 0.0685. The minimum atomic E-state index is -0.637. The van der Waals surface area contributed by atoms with Crippen molar-refractivity contribution in [2.75, 3.05) is 0 Å². The Morgan fingerprint density at radius 1 is 1.08 bits per heavy atom. The van der Waals surface area contributed by atoms with Gasteiger partial charge < -0.3 is 4.74 Å². The van der Waals surface area contributed by atoms with Gasteiger partial charge in [-0.25, -0.2) is 0 Å². The van der Waals surface area contributed by atoms with Crippen molar-refractivity contribution < 1.29 is 14.3 Å². The van der Waals surface area contributed by atoms with E-state index in [9.17, 15) is 9.59 Å². The highest BCUT2D eigenvalue weighted by atomic mass is 79.9. The molecule has 4 bridgehead atoms. The van der Waals surface area contributed by atoms with Gasteiger partial charge in [-0.2, -0.15) is 0 Å². The molecule has 4 fully saturated rings. The van der Waals surface area contributed by atoms with Gasteiger partial charge in [0.2, 0.25) is 0 Å². The first-order valence-electron chi connectivity index (χ1n) is 9.07. The molecule has 4 heteroatoms. The van der Waals surface area contributed by atoms with Crippen LogP contribution in [0, 0.1) is 23.7 Å². The number of halogens is 1. The number of ketones is 1. The van der Waals surface area contributed by atoms with Crippen LogP contribution in [0.15, 0.2) is 22.7 Å². The molecule has 0 radical (unpaired) electrons. The lowest BCUT2D eigenvalue weighted by atomic mass is 9.54. The molecular weight excluding hydrogens is 368 g/mol. The molecule has 24 heavy (non-hydrogen) atoms. The van der Waals surface area contributed by atoms with Crippen LogP contribution in [0.2, 0.25) is 0 Å². The third kappa shape index (κ3) is 2.29. The van der Waals surface area contributed by atoms with E-state index in [-0.39, 0.29) is 17.4 Å². The van der Waals surface area contributed by atoms with Crippen molar-refractivity contribution in [2.45, 2.75) is 50.5 Å². The van der Waals surface area contributed by atoms with E-state index in [1.165, 1.54) is 19.3 Å². The number of carbonyl (C=O) groups is 2. The first kappa shape index (κ1) is 15.1. The van der Waals surface area contributed by atoms with Gasteiger partial charge in [0.05, 0.1) is 0 Å². The highest BCUT2D eigenvalue weighted by Gasteiger charge is 2.54. The van der Waals surface area contributed by atoms with E-state index >= 15 is 0 Å². The average Bonchev–Trinajstić information content (AvgIpc) is 2.82. The van der Waals surface area contributed by atoms with Gasteiger partial charge >= 0.3 is 5.97 Å². The standard InChI is InChI=1S/C20H21BrO3/c21-15-2-1-14-6-17(18(22)16(14)7-15)19(23)24-20-8-11-3-12(9-20)5-13(4-11)10-20/h1-2,7,11-13,17H,3-6,8-10H2. The number of benzene rings is 1. The fourth-order valence-corrected chi connectivity index (χ4v) is 6.45. The van der Waals surface area contributed by atoms with Crippen LogP contribution in [0.4, 0.5) is 0 Å². The summed E-state index contributed by atoms with van der Waals surface area (Å²) in [6.07, 6.45) is 7.50. The molecule has 5 aliphatic rings. The second-order valence-corrected chi connectivity index (χ2v) is 9.36. The van der Waals surface area contributed by atoms with E-state index in [1.807, 2.05) is 18.2 Å². The molecule has 1 unspecified atom stereocenters. The van der Waals surface area contributed by atoms with Gasteiger partial charge in [-0.1, -0.05) is 22.0 Å². The Morgan fingerprint density at radius 3 is 2.33 bits per heavy atom. The number of hydrogen-bond acceptors (Lipinski definition) is 3. The summed E-state index contributed by atoms with van der Waals surface area (Å²) in [4.78, 5) is 25.5. The van der Waals surface area contributed by atoms with Crippen LogP contribution in [-0.2, 0) is 16.0 Å². The summed E-state index contributed by atoms with van der Waals surface area (Å²) >= 11 is 3.41. The van der Waals surface area contributed by atoms with E-state index < -0.39 is 5.92 Å². The molecule has 4 saturated carbocycles. The normalized spacial score (nSPS) is 39.1. The SMILES string of the molecule is O=C(OC12CC3CC(CC(C3)C1)C2)C1Cc2ccc(Br)cc2C1=O. The Kier molecular flexibility index (Phi) is 3.26. The molecule has 126 valence electrons. The molecule has 0 N–H and O–H groups in total. The maximum absolute atomic E-state index is 12.8. The van der Waals surface area contributed by atoms with Crippen LogP contribution < -0.4 is 0 Å². The predicted molar refractivity (Wildman–Crippen MR) is 92.7 cm³/mol. The van der Waals surface area contributed by atoms with Crippen LogP contribution in [0.25, 0.3) is 0 Å². The topological polar surface area (TPSA) is 43.4 Å². The fourth-order valence-electron chi connectivity index (χ4n) is 6.09. The summed E-state index contributed by atoms with van der Waals surface area (Å²) in [5, 5.41) is 0. The molecule has 0 aromatic heterocycles. The second kappa shape index (κ2) is 5.17. The van der Waals surface area contributed by atoms with Gasteiger partial charge in [0.25, 0.3) is 0 Å². The highest BCUT2D eigenvalue weighted by molar-refractivity contribution is 9.10. The zero-order valence-corrected chi connectivity index (χ0v) is 15.2. The predicted octanol–water partition coefficient (Wildman–Crippen LogP) is 4.32. The number of Topliss-reactive ketones (excluding diaryl/α,β-unsaturated/α-hetero) is 1. The average molecular weight is 389 g/mol. The van der Waals surface area contributed by atoms with E-state index in [4.69, 9.17) is 4.74 Å². The van der Waals surface area contributed by atoms with Gasteiger partial charge in [-0.3, -0.25) is 9.59 Å². The summed E-state index contributed by atoms with van der Waals surface area (Å²) in [6, 6.07) is 5.70. The maximum atomic E-state index is 12.8. The molecule has 0 amide bonds. The number of carbonyl (C=O) groups excluding carboxylic acids is 2. The Hall–Kier alpha value is -1.16. The van der Waals surface area contributed by atoms with E-state index in [0.29, 0.717) is 12.0 Å². The van der Waals surface area contributed by atoms with Crippen molar-refractivity contribution in [1.82, 2.24) is 0 Å². The molecule has 6 rings (SSSR count). The van der Waals surface area contributed by atoms with Gasteiger partial charge in [0.15, 0.2) is 5.78 Å². The number of rotatable bonds is 2. The lowest BCUT2D eigenvalue weighted by molar-refractivity contribution is -0.189. The maximum Gasteiger partial charge on any atom is 0.317 e. The summed E-state index contributed by atoms with van der Waals surface area (Å²) in [5.41, 5.74) is 1.38. The molecule has 1 aromatic rings. The number of esters is 1. The highest BCUT2D eigenvalue weighted by Crippen LogP contribution is 2.57. The van der Waals surface area contributed by atoms with Crippen LogP contribution in [0.3, 0.4) is 0 Å². The molecule has 5 aliphatic carbocycles. The molecule has 0 aliphatic heterocycles. The molecule has 1 aromatic carbocycles. The van der Waals surface area contributed by atoms with Crippen LogP contribution in [0.5, 0.6) is 0 Å². The smallest absolute Gasteiger partial charge is 0.317 e. The van der Waals surface area contributed by atoms with Gasteiger partial charge in [-0.05, 0) is 80.4 Å². The number of fused-ring (bicyclic) bond motifs is 1. The van der Waals surface area contributed by atoms with Crippen molar-refractivity contribution >= 4 is 27.7 Å². The first-order valence-corrected chi connectivity index (χ1v) is 9.86. The van der Waals surface area contributed by atoms with Crippen molar-refractivity contribution in [1.29, 1.82) is 0 Å². The zero-order valence-electron chi connectivity index (χ0n) is 13.6. The third-order valence-electron chi connectivity index (χ3n) is 6.66. The zero-order chi connectivity index (χ0) is 16.5. The fraction of sp³-hybridized carbons (Fsp3) is 0.600. The van der Waals surface area contributed by atoms with Crippen LogP contribution in [0.1, 0.15) is 54.4 Å². The molecule has 0 heterocycles. The van der Waals surface area contributed by atoms with Crippen molar-refractivity contribution in [3.05, 3.63) is 33.8 Å². The monoisotopic (exact) mass is 388 g/mol. The summed E-state index contributed by atoms with van der Waals surface area (Å²) < 4.78 is 6.97. The molecule has 0 saturated heterocycles. The Morgan fingerprint density at radius 2 is 1.71 bits per heavy atom. The Bertz CT molecular complexity index is 703. The molecule has 1 atom stereocenters.